The molecule has 0 aromatic carbocycles. The van der Waals surface area contributed by atoms with Crippen molar-refractivity contribution in [2.24, 2.45) is 0 Å². The summed E-state index contributed by atoms with van der Waals surface area (Å²) >= 11 is 1.93. The van der Waals surface area contributed by atoms with Crippen molar-refractivity contribution < 1.29 is 9.90 Å². The summed E-state index contributed by atoms with van der Waals surface area (Å²) < 4.78 is 0. The molecule has 0 amide bonds. The van der Waals surface area contributed by atoms with Gasteiger partial charge in [-0.25, -0.2) is 4.98 Å². The SMILES string of the molecule is Cc1[nH]c(C2CCSC2)nc1CC(=O)O. The van der Waals surface area contributed by atoms with Crippen LogP contribution in [0.3, 0.4) is 0 Å². The molecule has 1 fully saturated rings. The van der Waals surface area contributed by atoms with Crippen LogP contribution in [0, 0.1) is 6.92 Å². The number of hydrogen-bond acceptors (Lipinski definition) is 3. The number of carboxylic acid groups (broad SMARTS) is 1. The second-order valence-corrected chi connectivity index (χ2v) is 4.97. The zero-order chi connectivity index (χ0) is 10.8. The molecule has 5 heteroatoms. The van der Waals surface area contributed by atoms with Crippen molar-refractivity contribution in [2.45, 2.75) is 25.7 Å². The molecule has 0 aliphatic carbocycles. The van der Waals surface area contributed by atoms with Gasteiger partial charge in [-0.15, -0.1) is 0 Å². The summed E-state index contributed by atoms with van der Waals surface area (Å²) in [7, 11) is 0. The molecule has 1 saturated heterocycles. The van der Waals surface area contributed by atoms with Crippen LogP contribution < -0.4 is 0 Å². The summed E-state index contributed by atoms with van der Waals surface area (Å²) in [6, 6.07) is 0. The number of nitrogens with zero attached hydrogens (tertiary/aromatic N) is 1. The van der Waals surface area contributed by atoms with Gasteiger partial charge in [-0.2, -0.15) is 11.8 Å². The highest BCUT2D eigenvalue weighted by atomic mass is 32.2. The summed E-state index contributed by atoms with van der Waals surface area (Å²) in [5.74, 6) is 2.90. The van der Waals surface area contributed by atoms with Gasteiger partial charge in [0.25, 0.3) is 0 Å². The number of aliphatic carboxylic acids is 1. The third kappa shape index (κ3) is 2.34. The van der Waals surface area contributed by atoms with E-state index in [1.165, 1.54) is 5.75 Å². The Labute approximate surface area is 92.5 Å². The highest BCUT2D eigenvalue weighted by Gasteiger charge is 2.22. The van der Waals surface area contributed by atoms with Crippen molar-refractivity contribution >= 4 is 17.7 Å². The first-order chi connectivity index (χ1) is 7.16. The normalized spacial score (nSPS) is 20.7. The minimum Gasteiger partial charge on any atom is -0.481 e. The predicted molar refractivity (Wildman–Crippen MR) is 59.3 cm³/mol. The number of aryl methyl sites for hydroxylation is 1. The topological polar surface area (TPSA) is 66.0 Å². The number of thioether (sulfide) groups is 1. The second kappa shape index (κ2) is 4.26. The van der Waals surface area contributed by atoms with Crippen molar-refractivity contribution in [3.63, 3.8) is 0 Å². The minimum absolute atomic E-state index is 0.0161. The first-order valence-electron chi connectivity index (χ1n) is 5.01. The van der Waals surface area contributed by atoms with E-state index in [0.29, 0.717) is 11.6 Å². The highest BCUT2D eigenvalue weighted by molar-refractivity contribution is 7.99. The lowest BCUT2D eigenvalue weighted by Gasteiger charge is -2.02. The van der Waals surface area contributed by atoms with E-state index in [1.54, 1.807) is 0 Å². The van der Waals surface area contributed by atoms with Crippen molar-refractivity contribution in [1.29, 1.82) is 0 Å². The molecule has 82 valence electrons. The number of carboxylic acids is 1. The first-order valence-corrected chi connectivity index (χ1v) is 6.17. The summed E-state index contributed by atoms with van der Waals surface area (Å²) in [6.45, 7) is 1.89. The van der Waals surface area contributed by atoms with E-state index in [9.17, 15) is 4.79 Å². The lowest BCUT2D eigenvalue weighted by Crippen LogP contribution is -2.02. The standard InChI is InChI=1S/C10H14N2O2S/c1-6-8(4-9(13)14)12-10(11-6)7-2-3-15-5-7/h7H,2-5H2,1H3,(H,11,12)(H,13,14). The highest BCUT2D eigenvalue weighted by Crippen LogP contribution is 2.31. The Morgan fingerprint density at radius 3 is 3.13 bits per heavy atom. The van der Waals surface area contributed by atoms with Crippen molar-refractivity contribution in [2.75, 3.05) is 11.5 Å². The van der Waals surface area contributed by atoms with E-state index < -0.39 is 5.97 Å². The number of aromatic amines is 1. The van der Waals surface area contributed by atoms with Crippen molar-refractivity contribution in [3.05, 3.63) is 17.2 Å². The molecule has 2 N–H and O–H groups in total. The van der Waals surface area contributed by atoms with Gasteiger partial charge in [-0.05, 0) is 19.1 Å². The van der Waals surface area contributed by atoms with Crippen molar-refractivity contribution in [3.8, 4) is 0 Å². The molecular formula is C10H14N2O2S. The number of rotatable bonds is 3. The minimum atomic E-state index is -0.822. The molecule has 0 saturated carbocycles. The van der Waals surface area contributed by atoms with Gasteiger partial charge >= 0.3 is 5.97 Å². The van der Waals surface area contributed by atoms with Crippen LogP contribution in [0.25, 0.3) is 0 Å². The molecule has 1 aliphatic heterocycles. The van der Waals surface area contributed by atoms with E-state index in [2.05, 4.69) is 9.97 Å². The van der Waals surface area contributed by atoms with Gasteiger partial charge in [-0.1, -0.05) is 0 Å². The van der Waals surface area contributed by atoms with Gasteiger partial charge in [0.2, 0.25) is 0 Å². The number of nitrogens with one attached hydrogen (secondary N) is 1. The quantitative estimate of drug-likeness (QED) is 0.821. The molecule has 4 nitrogen and oxygen atoms in total. The fraction of sp³-hybridized carbons (Fsp3) is 0.600. The van der Waals surface area contributed by atoms with Crippen LogP contribution in [-0.4, -0.2) is 32.5 Å². The lowest BCUT2D eigenvalue weighted by molar-refractivity contribution is -0.136. The molecule has 2 heterocycles. The van der Waals surface area contributed by atoms with Crippen LogP contribution in [0.1, 0.15) is 29.6 Å². The Kier molecular flexibility index (Phi) is 3.00. The molecule has 1 aromatic heterocycles. The number of hydrogen-bond donors (Lipinski definition) is 2. The number of imidazole rings is 1. The average Bonchev–Trinajstić information content (AvgIpc) is 2.75. The van der Waals surface area contributed by atoms with Crippen LogP contribution in [0.15, 0.2) is 0 Å². The summed E-state index contributed by atoms with van der Waals surface area (Å²) in [5.41, 5.74) is 1.57. The number of H-pyrrole nitrogens is 1. The summed E-state index contributed by atoms with van der Waals surface area (Å²) in [4.78, 5) is 18.2. The monoisotopic (exact) mass is 226 g/mol. The molecule has 2 rings (SSSR count). The zero-order valence-corrected chi connectivity index (χ0v) is 9.43. The zero-order valence-electron chi connectivity index (χ0n) is 8.62. The van der Waals surface area contributed by atoms with Crippen LogP contribution >= 0.6 is 11.8 Å². The van der Waals surface area contributed by atoms with E-state index in [1.807, 2.05) is 18.7 Å². The molecule has 0 bridgehead atoms. The molecule has 1 unspecified atom stereocenters. The Hall–Kier alpha value is -0.970. The maximum absolute atomic E-state index is 10.6. The van der Waals surface area contributed by atoms with Crippen LogP contribution in [0.4, 0.5) is 0 Å². The fourth-order valence-corrected chi connectivity index (χ4v) is 3.01. The molecule has 1 aliphatic rings. The second-order valence-electron chi connectivity index (χ2n) is 3.82. The van der Waals surface area contributed by atoms with Crippen LogP contribution in [0.5, 0.6) is 0 Å². The molecule has 1 aromatic rings. The third-order valence-electron chi connectivity index (χ3n) is 2.64. The fourth-order valence-electron chi connectivity index (χ4n) is 1.78. The molecule has 0 spiro atoms. The molecule has 0 radical (unpaired) electrons. The van der Waals surface area contributed by atoms with E-state index in [0.717, 1.165) is 23.7 Å². The van der Waals surface area contributed by atoms with E-state index >= 15 is 0 Å². The number of aromatic nitrogens is 2. The molecular weight excluding hydrogens is 212 g/mol. The Morgan fingerprint density at radius 1 is 1.73 bits per heavy atom. The van der Waals surface area contributed by atoms with E-state index in [4.69, 9.17) is 5.11 Å². The molecule has 15 heavy (non-hydrogen) atoms. The van der Waals surface area contributed by atoms with E-state index in [-0.39, 0.29) is 6.42 Å². The van der Waals surface area contributed by atoms with Gasteiger partial charge in [0.15, 0.2) is 0 Å². The summed E-state index contributed by atoms with van der Waals surface area (Å²) in [6.07, 6.45) is 1.16. The lowest BCUT2D eigenvalue weighted by atomic mass is 10.1. The maximum atomic E-state index is 10.6. The Bertz CT molecular complexity index is 369. The number of carbonyl (C=O) groups is 1. The predicted octanol–water partition coefficient (Wildman–Crippen LogP) is 1.57. The van der Waals surface area contributed by atoms with Gasteiger partial charge in [0.05, 0.1) is 12.1 Å². The van der Waals surface area contributed by atoms with Gasteiger partial charge < -0.3 is 10.1 Å². The molecule has 1 atom stereocenters. The Balaban J connectivity index is 2.16. The van der Waals surface area contributed by atoms with Crippen LogP contribution in [0.2, 0.25) is 0 Å². The summed E-state index contributed by atoms with van der Waals surface area (Å²) in [5, 5.41) is 8.71. The average molecular weight is 226 g/mol. The third-order valence-corrected chi connectivity index (χ3v) is 3.80. The largest absolute Gasteiger partial charge is 0.481 e. The van der Waals surface area contributed by atoms with Crippen molar-refractivity contribution in [1.82, 2.24) is 9.97 Å². The van der Waals surface area contributed by atoms with Crippen LogP contribution in [-0.2, 0) is 11.2 Å². The Morgan fingerprint density at radius 2 is 2.53 bits per heavy atom. The smallest absolute Gasteiger partial charge is 0.309 e. The first kappa shape index (κ1) is 10.5. The van der Waals surface area contributed by atoms with Gasteiger partial charge in [-0.3, -0.25) is 4.79 Å². The van der Waals surface area contributed by atoms with Gasteiger partial charge in [0.1, 0.15) is 5.82 Å². The van der Waals surface area contributed by atoms with Gasteiger partial charge in [0, 0.05) is 17.4 Å². The maximum Gasteiger partial charge on any atom is 0.309 e.